The van der Waals surface area contributed by atoms with Crippen LogP contribution in [0.4, 0.5) is 4.79 Å². The van der Waals surface area contributed by atoms with Crippen LogP contribution in [0.5, 0.6) is 0 Å². The number of rotatable bonds is 5. The smallest absolute Gasteiger partial charge is 0.315 e. The molecule has 5 nitrogen and oxygen atoms in total. The molecule has 5 heteroatoms. The van der Waals surface area contributed by atoms with Gasteiger partial charge in [0.1, 0.15) is 0 Å². The molecule has 1 heterocycles. The highest BCUT2D eigenvalue weighted by Crippen LogP contribution is 2.36. The van der Waals surface area contributed by atoms with Gasteiger partial charge in [-0.05, 0) is 36.8 Å². The Kier molecular flexibility index (Phi) is 4.65. The van der Waals surface area contributed by atoms with Gasteiger partial charge in [-0.3, -0.25) is 0 Å². The van der Waals surface area contributed by atoms with Crippen LogP contribution < -0.4 is 10.6 Å². The van der Waals surface area contributed by atoms with E-state index in [1.807, 2.05) is 10.8 Å². The largest absolute Gasteiger partial charge is 0.338 e. The molecular weight excluding hydrogens is 288 g/mol. The van der Waals surface area contributed by atoms with E-state index in [2.05, 4.69) is 47.7 Å². The lowest BCUT2D eigenvalue weighted by atomic mass is 10.0. The summed E-state index contributed by atoms with van der Waals surface area (Å²) in [6.45, 7) is 5.81. The molecule has 2 amide bonds. The first-order chi connectivity index (χ1) is 11.1. The summed E-state index contributed by atoms with van der Waals surface area (Å²) >= 11 is 0. The van der Waals surface area contributed by atoms with Crippen LogP contribution >= 0.6 is 0 Å². The van der Waals surface area contributed by atoms with Crippen molar-refractivity contribution in [2.75, 3.05) is 6.54 Å². The van der Waals surface area contributed by atoms with Crippen LogP contribution in [0.1, 0.15) is 36.1 Å². The minimum absolute atomic E-state index is 0.0816. The van der Waals surface area contributed by atoms with Crippen LogP contribution in [0, 0.1) is 12.8 Å². The van der Waals surface area contributed by atoms with Crippen molar-refractivity contribution < 1.29 is 4.79 Å². The second-order valence-electron chi connectivity index (χ2n) is 6.42. The fraction of sp³-hybridized carbons (Fsp3) is 0.444. The van der Waals surface area contributed by atoms with Crippen molar-refractivity contribution in [2.24, 2.45) is 5.92 Å². The molecule has 2 N–H and O–H groups in total. The molecule has 1 aromatic heterocycles. The van der Waals surface area contributed by atoms with E-state index >= 15 is 0 Å². The van der Waals surface area contributed by atoms with Crippen LogP contribution in [-0.2, 0) is 13.0 Å². The van der Waals surface area contributed by atoms with Gasteiger partial charge in [0, 0.05) is 25.5 Å². The minimum atomic E-state index is -0.0816. The molecular formula is C18H24N4O. The van der Waals surface area contributed by atoms with Gasteiger partial charge in [-0.15, -0.1) is 0 Å². The molecule has 2 aromatic rings. The fourth-order valence-corrected chi connectivity index (χ4v) is 3.26. The van der Waals surface area contributed by atoms with Gasteiger partial charge >= 0.3 is 6.03 Å². The lowest BCUT2D eigenvalue weighted by Gasteiger charge is -2.19. The Labute approximate surface area is 137 Å². The average molecular weight is 312 g/mol. The number of hydrogen-bond acceptors (Lipinski definition) is 2. The first kappa shape index (κ1) is 15.6. The SMILES string of the molecule is Cc1ccc2c(c1)[C@@H](NC(=O)NCCCn1ccnc1)[C@@H](C)C2. The van der Waals surface area contributed by atoms with Gasteiger partial charge in [-0.1, -0.05) is 30.7 Å². The fourth-order valence-electron chi connectivity index (χ4n) is 3.26. The molecule has 0 unspecified atom stereocenters. The number of benzene rings is 1. The summed E-state index contributed by atoms with van der Waals surface area (Å²) in [5.74, 6) is 0.434. The summed E-state index contributed by atoms with van der Waals surface area (Å²) < 4.78 is 2.01. The molecule has 122 valence electrons. The Morgan fingerprint density at radius 3 is 3.09 bits per heavy atom. The van der Waals surface area contributed by atoms with Gasteiger partial charge in [0.2, 0.25) is 0 Å². The molecule has 0 aliphatic heterocycles. The van der Waals surface area contributed by atoms with Crippen LogP contribution in [0.2, 0.25) is 0 Å². The van der Waals surface area contributed by atoms with Crippen molar-refractivity contribution >= 4 is 6.03 Å². The van der Waals surface area contributed by atoms with Crippen LogP contribution in [-0.4, -0.2) is 22.1 Å². The van der Waals surface area contributed by atoms with Crippen molar-refractivity contribution in [2.45, 2.75) is 39.3 Å². The Bertz CT molecular complexity index is 666. The lowest BCUT2D eigenvalue weighted by Crippen LogP contribution is -2.39. The predicted molar refractivity (Wildman–Crippen MR) is 90.2 cm³/mol. The third-order valence-electron chi connectivity index (χ3n) is 4.47. The molecule has 0 bridgehead atoms. The number of hydrogen-bond donors (Lipinski definition) is 2. The first-order valence-corrected chi connectivity index (χ1v) is 8.23. The van der Waals surface area contributed by atoms with Crippen molar-refractivity contribution in [3.63, 3.8) is 0 Å². The number of carbonyl (C=O) groups is 1. The molecule has 2 atom stereocenters. The summed E-state index contributed by atoms with van der Waals surface area (Å²) in [6.07, 6.45) is 7.40. The number of urea groups is 1. The maximum atomic E-state index is 12.2. The van der Waals surface area contributed by atoms with Crippen LogP contribution in [0.3, 0.4) is 0 Å². The van der Waals surface area contributed by atoms with Crippen molar-refractivity contribution in [1.82, 2.24) is 20.2 Å². The monoisotopic (exact) mass is 312 g/mol. The van der Waals surface area contributed by atoms with Gasteiger partial charge in [0.25, 0.3) is 0 Å². The van der Waals surface area contributed by atoms with Gasteiger partial charge in [0.15, 0.2) is 0 Å². The van der Waals surface area contributed by atoms with E-state index in [1.54, 1.807) is 12.5 Å². The predicted octanol–water partition coefficient (Wildman–Crippen LogP) is 2.81. The second-order valence-corrected chi connectivity index (χ2v) is 6.42. The third kappa shape index (κ3) is 3.73. The zero-order valence-electron chi connectivity index (χ0n) is 13.7. The van der Waals surface area contributed by atoms with Crippen molar-refractivity contribution in [3.05, 3.63) is 53.6 Å². The Morgan fingerprint density at radius 1 is 1.43 bits per heavy atom. The number of nitrogens with zero attached hydrogens (tertiary/aromatic N) is 2. The molecule has 0 radical (unpaired) electrons. The van der Waals surface area contributed by atoms with Crippen molar-refractivity contribution in [3.8, 4) is 0 Å². The van der Waals surface area contributed by atoms with E-state index in [9.17, 15) is 4.79 Å². The highest BCUT2D eigenvalue weighted by Gasteiger charge is 2.30. The number of amides is 2. The summed E-state index contributed by atoms with van der Waals surface area (Å²) in [5.41, 5.74) is 3.87. The molecule has 0 saturated heterocycles. The molecule has 3 rings (SSSR count). The first-order valence-electron chi connectivity index (χ1n) is 8.23. The maximum Gasteiger partial charge on any atom is 0.315 e. The van der Waals surface area contributed by atoms with Gasteiger partial charge in [0.05, 0.1) is 12.4 Å². The zero-order chi connectivity index (χ0) is 16.2. The highest BCUT2D eigenvalue weighted by molar-refractivity contribution is 5.74. The molecule has 1 aromatic carbocycles. The van der Waals surface area contributed by atoms with Gasteiger partial charge < -0.3 is 15.2 Å². The maximum absolute atomic E-state index is 12.2. The Balaban J connectivity index is 1.49. The van der Waals surface area contributed by atoms with E-state index in [4.69, 9.17) is 0 Å². The summed E-state index contributed by atoms with van der Waals surface area (Å²) in [4.78, 5) is 16.2. The average Bonchev–Trinajstić information content (AvgIpc) is 3.13. The molecule has 1 aliphatic rings. The number of carbonyl (C=O) groups excluding carboxylic acids is 1. The number of nitrogens with one attached hydrogen (secondary N) is 2. The number of aryl methyl sites for hydroxylation is 2. The number of imidazole rings is 1. The topological polar surface area (TPSA) is 59.0 Å². The minimum Gasteiger partial charge on any atom is -0.338 e. The third-order valence-corrected chi connectivity index (χ3v) is 4.47. The molecule has 1 aliphatic carbocycles. The van der Waals surface area contributed by atoms with Gasteiger partial charge in [-0.25, -0.2) is 9.78 Å². The van der Waals surface area contributed by atoms with E-state index in [1.165, 1.54) is 16.7 Å². The number of fused-ring (bicyclic) bond motifs is 1. The van der Waals surface area contributed by atoms with E-state index in [-0.39, 0.29) is 12.1 Å². The summed E-state index contributed by atoms with van der Waals surface area (Å²) in [6, 6.07) is 6.55. The summed E-state index contributed by atoms with van der Waals surface area (Å²) in [7, 11) is 0. The van der Waals surface area contributed by atoms with E-state index < -0.39 is 0 Å². The van der Waals surface area contributed by atoms with Crippen LogP contribution in [0.15, 0.2) is 36.9 Å². The molecule has 0 spiro atoms. The molecule has 0 saturated carbocycles. The van der Waals surface area contributed by atoms with E-state index in [0.29, 0.717) is 12.5 Å². The highest BCUT2D eigenvalue weighted by atomic mass is 16.2. The van der Waals surface area contributed by atoms with Crippen LogP contribution in [0.25, 0.3) is 0 Å². The lowest BCUT2D eigenvalue weighted by molar-refractivity contribution is 0.233. The zero-order valence-corrected chi connectivity index (χ0v) is 13.7. The standard InChI is InChI=1S/C18H24N4O/c1-13-4-5-15-11-14(2)17(16(15)10-13)21-18(23)20-6-3-8-22-9-7-19-12-22/h4-5,7,9-10,12,14,17H,3,6,8,11H2,1-2H3,(H2,20,21,23)/t14-,17-/m0/s1. The Hall–Kier alpha value is -2.30. The molecule has 0 fully saturated rings. The molecule has 23 heavy (non-hydrogen) atoms. The summed E-state index contributed by atoms with van der Waals surface area (Å²) in [5, 5.41) is 6.09. The normalized spacial score (nSPS) is 19.4. The van der Waals surface area contributed by atoms with Crippen molar-refractivity contribution in [1.29, 1.82) is 0 Å². The number of aromatic nitrogens is 2. The quantitative estimate of drug-likeness (QED) is 0.834. The second kappa shape index (κ2) is 6.86. The Morgan fingerprint density at radius 2 is 2.30 bits per heavy atom. The van der Waals surface area contributed by atoms with E-state index in [0.717, 1.165) is 19.4 Å². The van der Waals surface area contributed by atoms with Gasteiger partial charge in [-0.2, -0.15) is 0 Å².